The van der Waals surface area contributed by atoms with Gasteiger partial charge < -0.3 is 5.11 Å². The van der Waals surface area contributed by atoms with Crippen molar-refractivity contribution in [3.8, 4) is 5.75 Å². The number of phenolic OH excluding ortho intramolecular Hbond substituents is 1. The molecule has 0 amide bonds. The van der Waals surface area contributed by atoms with E-state index in [1.165, 1.54) is 0 Å². The van der Waals surface area contributed by atoms with Crippen LogP contribution in [-0.2, 0) is 11.2 Å². The van der Waals surface area contributed by atoms with Crippen LogP contribution in [0.15, 0.2) is 24.3 Å². The van der Waals surface area contributed by atoms with Crippen LogP contribution in [0.4, 0.5) is 0 Å². The Bertz CT molecular complexity index is 380. The van der Waals surface area contributed by atoms with Gasteiger partial charge in [0.15, 0.2) is 5.78 Å². The molecule has 0 aliphatic carbocycles. The van der Waals surface area contributed by atoms with Crippen LogP contribution in [0.5, 0.6) is 5.75 Å². The Morgan fingerprint density at radius 3 is 2.44 bits per heavy atom. The van der Waals surface area contributed by atoms with Crippen molar-refractivity contribution in [1.29, 1.82) is 0 Å². The average molecular weight is 241 g/mol. The van der Waals surface area contributed by atoms with Crippen LogP contribution in [0, 0.1) is 5.41 Å². The highest BCUT2D eigenvalue weighted by atomic mass is 35.5. The number of carbonyl (C=O) groups is 1. The third kappa shape index (κ3) is 3.24. The molecule has 1 aromatic carbocycles. The largest absolute Gasteiger partial charge is 0.508 e. The average Bonchev–Trinajstić information content (AvgIpc) is 2.19. The number of benzene rings is 1. The zero-order valence-electron chi connectivity index (χ0n) is 9.83. The highest BCUT2D eigenvalue weighted by molar-refractivity contribution is 6.31. The first-order valence-corrected chi connectivity index (χ1v) is 5.71. The fraction of sp³-hybridized carbons (Fsp3) is 0.462. The molecule has 0 radical (unpaired) electrons. The number of alkyl halides is 1. The fourth-order valence-corrected chi connectivity index (χ4v) is 1.93. The number of para-hydroxylation sites is 1. The van der Waals surface area contributed by atoms with Crippen LogP contribution in [0.1, 0.15) is 26.3 Å². The van der Waals surface area contributed by atoms with Gasteiger partial charge in [-0.25, -0.2) is 0 Å². The molecule has 0 aromatic heterocycles. The molecule has 0 heterocycles. The van der Waals surface area contributed by atoms with Crippen LogP contribution in [0.2, 0.25) is 0 Å². The molecule has 16 heavy (non-hydrogen) atoms. The second-order valence-corrected chi connectivity index (χ2v) is 5.44. The molecule has 0 bridgehead atoms. The van der Waals surface area contributed by atoms with Gasteiger partial charge in [-0.3, -0.25) is 4.79 Å². The van der Waals surface area contributed by atoms with Crippen LogP contribution in [0.3, 0.4) is 0 Å². The number of Topliss-reactive ketones (excluding diaryl/α,β-unsaturated/α-hetero) is 1. The predicted molar refractivity (Wildman–Crippen MR) is 65.9 cm³/mol. The Morgan fingerprint density at radius 2 is 1.94 bits per heavy atom. The second kappa shape index (κ2) is 4.88. The van der Waals surface area contributed by atoms with Gasteiger partial charge in [0.25, 0.3) is 0 Å². The summed E-state index contributed by atoms with van der Waals surface area (Å²) in [5.74, 6) is 0.187. The lowest BCUT2D eigenvalue weighted by Gasteiger charge is -2.20. The standard InChI is InChI=1S/C13H17ClO2/c1-13(2,3)12(16)10(14)8-9-6-4-5-7-11(9)15/h4-7,10,15H,8H2,1-3H3. The monoisotopic (exact) mass is 240 g/mol. The summed E-state index contributed by atoms with van der Waals surface area (Å²) in [4.78, 5) is 11.9. The Balaban J connectivity index is 2.76. The third-order valence-corrected chi connectivity index (χ3v) is 2.77. The number of ketones is 1. The van der Waals surface area contributed by atoms with Crippen molar-refractivity contribution in [3.63, 3.8) is 0 Å². The fourth-order valence-electron chi connectivity index (χ4n) is 1.44. The summed E-state index contributed by atoms with van der Waals surface area (Å²) in [6, 6.07) is 6.94. The van der Waals surface area contributed by atoms with Gasteiger partial charge in [-0.15, -0.1) is 11.6 Å². The van der Waals surface area contributed by atoms with Crippen LogP contribution >= 0.6 is 11.6 Å². The maximum atomic E-state index is 11.9. The highest BCUT2D eigenvalue weighted by Crippen LogP contribution is 2.25. The SMILES string of the molecule is CC(C)(C)C(=O)C(Cl)Cc1ccccc1O. The lowest BCUT2D eigenvalue weighted by molar-refractivity contribution is -0.125. The van der Waals surface area contributed by atoms with Crippen LogP contribution in [0.25, 0.3) is 0 Å². The topological polar surface area (TPSA) is 37.3 Å². The molecule has 3 heteroatoms. The first-order chi connectivity index (χ1) is 7.32. The molecule has 88 valence electrons. The molecule has 0 aliphatic rings. The summed E-state index contributed by atoms with van der Waals surface area (Å²) in [5.41, 5.74) is 0.261. The second-order valence-electron chi connectivity index (χ2n) is 4.91. The normalized spacial score (nSPS) is 13.5. The molecule has 0 saturated heterocycles. The van der Waals surface area contributed by atoms with E-state index >= 15 is 0 Å². The van der Waals surface area contributed by atoms with Gasteiger partial charge >= 0.3 is 0 Å². The van der Waals surface area contributed by atoms with Crippen molar-refractivity contribution in [2.45, 2.75) is 32.6 Å². The summed E-state index contributed by atoms with van der Waals surface area (Å²) in [7, 11) is 0. The van der Waals surface area contributed by atoms with E-state index in [1.54, 1.807) is 18.2 Å². The molecule has 1 aromatic rings. The highest BCUT2D eigenvalue weighted by Gasteiger charge is 2.28. The van der Waals surface area contributed by atoms with E-state index in [-0.39, 0.29) is 11.5 Å². The van der Waals surface area contributed by atoms with Gasteiger partial charge in [-0.2, -0.15) is 0 Å². The predicted octanol–water partition coefficient (Wildman–Crippen LogP) is 3.16. The Kier molecular flexibility index (Phi) is 3.98. The number of halogens is 1. The number of rotatable bonds is 3. The molecule has 1 unspecified atom stereocenters. The first-order valence-electron chi connectivity index (χ1n) is 5.27. The summed E-state index contributed by atoms with van der Waals surface area (Å²) >= 11 is 6.06. The van der Waals surface area contributed by atoms with Gasteiger partial charge in [-0.05, 0) is 18.1 Å². The minimum atomic E-state index is -0.590. The van der Waals surface area contributed by atoms with E-state index in [2.05, 4.69) is 0 Å². The van der Waals surface area contributed by atoms with E-state index in [9.17, 15) is 9.90 Å². The number of aromatic hydroxyl groups is 1. The van der Waals surface area contributed by atoms with Gasteiger partial charge in [-0.1, -0.05) is 39.0 Å². The van der Waals surface area contributed by atoms with E-state index < -0.39 is 10.8 Å². The minimum absolute atomic E-state index is 0.00239. The van der Waals surface area contributed by atoms with Crippen molar-refractivity contribution < 1.29 is 9.90 Å². The number of hydrogen-bond donors (Lipinski definition) is 1. The quantitative estimate of drug-likeness (QED) is 0.825. The summed E-state index contributed by atoms with van der Waals surface area (Å²) in [6.07, 6.45) is 0.365. The maximum Gasteiger partial charge on any atom is 0.156 e. The molecule has 2 nitrogen and oxygen atoms in total. The van der Waals surface area contributed by atoms with Crippen molar-refractivity contribution in [2.75, 3.05) is 0 Å². The number of carbonyl (C=O) groups excluding carboxylic acids is 1. The molecule has 0 fully saturated rings. The Labute approximate surface area is 101 Å². The zero-order chi connectivity index (χ0) is 12.3. The molecular formula is C13H17ClO2. The van der Waals surface area contributed by atoms with Crippen molar-refractivity contribution in [3.05, 3.63) is 29.8 Å². The van der Waals surface area contributed by atoms with Gasteiger partial charge in [0.05, 0.1) is 5.38 Å². The molecule has 1 rings (SSSR count). The molecular weight excluding hydrogens is 224 g/mol. The van der Waals surface area contributed by atoms with E-state index in [0.717, 1.165) is 0 Å². The maximum absolute atomic E-state index is 11.9. The molecule has 1 atom stereocenters. The zero-order valence-corrected chi connectivity index (χ0v) is 10.6. The van der Waals surface area contributed by atoms with Crippen LogP contribution < -0.4 is 0 Å². The summed E-state index contributed by atoms with van der Waals surface area (Å²) in [6.45, 7) is 5.53. The molecule has 1 N–H and O–H groups in total. The smallest absolute Gasteiger partial charge is 0.156 e. The van der Waals surface area contributed by atoms with Gasteiger partial charge in [0, 0.05) is 5.41 Å². The van der Waals surface area contributed by atoms with E-state index in [1.807, 2.05) is 26.8 Å². The molecule has 0 saturated carbocycles. The minimum Gasteiger partial charge on any atom is -0.508 e. The van der Waals surface area contributed by atoms with Crippen molar-refractivity contribution >= 4 is 17.4 Å². The lowest BCUT2D eigenvalue weighted by Crippen LogP contribution is -2.30. The third-order valence-electron chi connectivity index (χ3n) is 2.41. The number of hydrogen-bond acceptors (Lipinski definition) is 2. The van der Waals surface area contributed by atoms with Crippen molar-refractivity contribution in [2.24, 2.45) is 5.41 Å². The van der Waals surface area contributed by atoms with Gasteiger partial charge in [0.1, 0.15) is 5.75 Å². The first kappa shape index (κ1) is 13.0. The van der Waals surface area contributed by atoms with Gasteiger partial charge in [0.2, 0.25) is 0 Å². The summed E-state index contributed by atoms with van der Waals surface area (Å²) in [5, 5.41) is 8.98. The Hall–Kier alpha value is -1.02. The lowest BCUT2D eigenvalue weighted by atomic mass is 9.87. The van der Waals surface area contributed by atoms with Crippen LogP contribution in [-0.4, -0.2) is 16.3 Å². The van der Waals surface area contributed by atoms with E-state index in [4.69, 9.17) is 11.6 Å². The van der Waals surface area contributed by atoms with E-state index in [0.29, 0.717) is 12.0 Å². The molecule has 0 aliphatic heterocycles. The summed E-state index contributed by atoms with van der Waals surface area (Å²) < 4.78 is 0. The Morgan fingerprint density at radius 1 is 1.38 bits per heavy atom. The molecule has 0 spiro atoms. The number of phenols is 1. The van der Waals surface area contributed by atoms with Crippen molar-refractivity contribution in [1.82, 2.24) is 0 Å².